The Balaban J connectivity index is 1.99. The van der Waals surface area contributed by atoms with Crippen LogP contribution in [-0.2, 0) is 26.2 Å². The minimum Gasteiger partial charge on any atom is -0.354 e. The van der Waals surface area contributed by atoms with Gasteiger partial charge in [0.25, 0.3) is 10.0 Å². The lowest BCUT2D eigenvalue weighted by atomic mass is 10.1. The first-order valence-corrected chi connectivity index (χ1v) is 14.5. The molecule has 2 amide bonds. The number of unbranched alkanes of at least 4 members (excludes halogenated alkanes) is 1. The highest BCUT2D eigenvalue weighted by molar-refractivity contribution is 7.92. The number of sulfonamides is 1. The number of halogens is 2. The van der Waals surface area contributed by atoms with Crippen LogP contribution in [0.3, 0.4) is 0 Å². The quantitative estimate of drug-likeness (QED) is 0.297. The molecular weight excluding hydrogens is 541 g/mol. The molecule has 39 heavy (non-hydrogen) atoms. The number of carbonyl (C=O) groups is 2. The summed E-state index contributed by atoms with van der Waals surface area (Å²) in [5.41, 5.74) is 1.86. The first kappa shape index (κ1) is 30.1. The van der Waals surface area contributed by atoms with Gasteiger partial charge >= 0.3 is 0 Å². The third-order valence-corrected chi connectivity index (χ3v) is 8.26. The molecule has 3 rings (SSSR count). The zero-order valence-electron chi connectivity index (χ0n) is 22.2. The van der Waals surface area contributed by atoms with Gasteiger partial charge in [0.2, 0.25) is 11.8 Å². The van der Waals surface area contributed by atoms with Crippen LogP contribution in [0.15, 0.2) is 77.7 Å². The maximum atomic E-state index is 13.8. The summed E-state index contributed by atoms with van der Waals surface area (Å²) < 4.78 is 41.9. The zero-order valence-corrected chi connectivity index (χ0v) is 23.8. The Morgan fingerprint density at radius 1 is 1.03 bits per heavy atom. The first-order valence-electron chi connectivity index (χ1n) is 12.7. The summed E-state index contributed by atoms with van der Waals surface area (Å²) in [5.74, 6) is -1.51. The van der Waals surface area contributed by atoms with Gasteiger partial charge in [0.05, 0.1) is 10.6 Å². The number of anilines is 1. The van der Waals surface area contributed by atoms with Crippen molar-refractivity contribution in [3.8, 4) is 0 Å². The Labute approximate surface area is 234 Å². The zero-order chi connectivity index (χ0) is 28.6. The number of benzene rings is 3. The van der Waals surface area contributed by atoms with Crippen LogP contribution in [0.25, 0.3) is 0 Å². The van der Waals surface area contributed by atoms with Crippen LogP contribution >= 0.6 is 11.6 Å². The van der Waals surface area contributed by atoms with E-state index in [1.165, 1.54) is 4.90 Å². The molecule has 0 saturated carbocycles. The number of nitrogens with zero attached hydrogens (tertiary/aromatic N) is 2. The van der Waals surface area contributed by atoms with Crippen molar-refractivity contribution < 1.29 is 22.4 Å². The van der Waals surface area contributed by atoms with Crippen molar-refractivity contribution in [1.29, 1.82) is 0 Å². The smallest absolute Gasteiger partial charge is 0.264 e. The topological polar surface area (TPSA) is 86.8 Å². The fraction of sp³-hybridized carbons (Fsp3) is 0.310. The van der Waals surface area contributed by atoms with Crippen molar-refractivity contribution in [2.24, 2.45) is 0 Å². The maximum Gasteiger partial charge on any atom is 0.264 e. The van der Waals surface area contributed by atoms with E-state index in [-0.39, 0.29) is 23.0 Å². The van der Waals surface area contributed by atoms with Gasteiger partial charge in [0.1, 0.15) is 18.4 Å². The summed E-state index contributed by atoms with van der Waals surface area (Å²) in [6.07, 6.45) is 1.68. The number of hydrogen-bond donors (Lipinski definition) is 1. The average Bonchev–Trinajstić information content (AvgIpc) is 2.90. The molecule has 3 aromatic rings. The number of carbonyl (C=O) groups excluding carboxylic acids is 2. The van der Waals surface area contributed by atoms with Crippen molar-refractivity contribution in [2.75, 3.05) is 17.4 Å². The normalized spacial score (nSPS) is 12.0. The number of nitrogens with one attached hydrogen (secondary N) is 1. The highest BCUT2D eigenvalue weighted by Gasteiger charge is 2.32. The van der Waals surface area contributed by atoms with E-state index in [1.54, 1.807) is 55.5 Å². The molecule has 7 nitrogen and oxygen atoms in total. The molecule has 0 aromatic heterocycles. The molecule has 0 aliphatic carbocycles. The van der Waals surface area contributed by atoms with Crippen molar-refractivity contribution in [3.05, 3.63) is 94.8 Å². The van der Waals surface area contributed by atoms with Gasteiger partial charge in [-0.1, -0.05) is 54.8 Å². The lowest BCUT2D eigenvalue weighted by molar-refractivity contribution is -0.139. The molecule has 3 aromatic carbocycles. The van der Waals surface area contributed by atoms with Gasteiger partial charge in [-0.3, -0.25) is 13.9 Å². The summed E-state index contributed by atoms with van der Waals surface area (Å²) in [4.78, 5) is 28.0. The van der Waals surface area contributed by atoms with Gasteiger partial charge in [-0.15, -0.1) is 0 Å². The minimum atomic E-state index is -4.26. The fourth-order valence-corrected chi connectivity index (χ4v) is 5.55. The molecule has 1 atom stereocenters. The second-order valence-corrected chi connectivity index (χ2v) is 11.6. The average molecular weight is 574 g/mol. The van der Waals surface area contributed by atoms with E-state index >= 15 is 0 Å². The summed E-state index contributed by atoms with van der Waals surface area (Å²) in [7, 11) is -4.26. The van der Waals surface area contributed by atoms with Gasteiger partial charge in [-0.25, -0.2) is 12.8 Å². The molecule has 0 aliphatic rings. The summed E-state index contributed by atoms with van der Waals surface area (Å²) in [6.45, 7) is 5.41. The Morgan fingerprint density at radius 2 is 1.69 bits per heavy atom. The van der Waals surface area contributed by atoms with Crippen LogP contribution in [0.4, 0.5) is 10.1 Å². The van der Waals surface area contributed by atoms with Gasteiger partial charge < -0.3 is 10.2 Å². The molecule has 0 bridgehead atoms. The molecule has 208 valence electrons. The maximum absolute atomic E-state index is 13.8. The molecular formula is C29H33ClFN3O4S. The van der Waals surface area contributed by atoms with Crippen LogP contribution < -0.4 is 9.62 Å². The number of hydrogen-bond acceptors (Lipinski definition) is 4. The molecule has 0 fully saturated rings. The number of rotatable bonds is 12. The van der Waals surface area contributed by atoms with Gasteiger partial charge in [0.15, 0.2) is 0 Å². The predicted octanol–water partition coefficient (Wildman–Crippen LogP) is 5.32. The Morgan fingerprint density at radius 3 is 2.31 bits per heavy atom. The van der Waals surface area contributed by atoms with E-state index in [0.717, 1.165) is 47.0 Å². The molecule has 0 heterocycles. The summed E-state index contributed by atoms with van der Waals surface area (Å²) in [6, 6.07) is 17.1. The summed E-state index contributed by atoms with van der Waals surface area (Å²) >= 11 is 6.15. The lowest BCUT2D eigenvalue weighted by Gasteiger charge is -2.32. The molecule has 0 saturated heterocycles. The van der Waals surface area contributed by atoms with E-state index in [4.69, 9.17) is 11.6 Å². The Kier molecular flexibility index (Phi) is 10.5. The third-order valence-electron chi connectivity index (χ3n) is 6.24. The van der Waals surface area contributed by atoms with E-state index in [0.29, 0.717) is 17.1 Å². The molecule has 0 aliphatic heterocycles. The fourth-order valence-electron chi connectivity index (χ4n) is 3.92. The van der Waals surface area contributed by atoms with Crippen LogP contribution in [0.2, 0.25) is 5.02 Å². The van der Waals surface area contributed by atoms with E-state index in [1.807, 2.05) is 13.8 Å². The van der Waals surface area contributed by atoms with Gasteiger partial charge in [-0.05, 0) is 74.4 Å². The van der Waals surface area contributed by atoms with E-state index in [2.05, 4.69) is 5.32 Å². The van der Waals surface area contributed by atoms with Crippen LogP contribution in [-0.4, -0.2) is 44.3 Å². The molecule has 0 unspecified atom stereocenters. The Bertz CT molecular complexity index is 1380. The SMILES string of the molecule is CCCCNC(=O)[C@@H](C)N(Cc1cccc(Cl)c1)C(=O)CN(c1ccc(C)cc1)S(=O)(=O)c1ccc(F)cc1. The highest BCUT2D eigenvalue weighted by Crippen LogP contribution is 2.25. The van der Waals surface area contributed by atoms with E-state index < -0.39 is 34.3 Å². The first-order chi connectivity index (χ1) is 18.5. The number of aryl methyl sites for hydroxylation is 1. The molecule has 10 heteroatoms. The minimum absolute atomic E-state index is 0.0418. The largest absolute Gasteiger partial charge is 0.354 e. The van der Waals surface area contributed by atoms with Crippen LogP contribution in [0, 0.1) is 12.7 Å². The highest BCUT2D eigenvalue weighted by atomic mass is 35.5. The standard InChI is InChI=1S/C29H33ClFN3O4S/c1-4-5-17-32-29(36)22(3)33(19-23-7-6-8-24(30)18-23)28(35)20-34(26-13-9-21(2)10-14-26)39(37,38)27-15-11-25(31)12-16-27/h6-16,18,22H,4-5,17,19-20H2,1-3H3,(H,32,36)/t22-/m1/s1. The second-order valence-electron chi connectivity index (χ2n) is 9.27. The van der Waals surface area contributed by atoms with Gasteiger partial charge in [0, 0.05) is 18.1 Å². The van der Waals surface area contributed by atoms with Crippen molar-refractivity contribution in [1.82, 2.24) is 10.2 Å². The van der Waals surface area contributed by atoms with Crippen molar-refractivity contribution in [3.63, 3.8) is 0 Å². The molecule has 0 radical (unpaired) electrons. The van der Waals surface area contributed by atoms with Crippen LogP contribution in [0.1, 0.15) is 37.8 Å². The van der Waals surface area contributed by atoms with Crippen LogP contribution in [0.5, 0.6) is 0 Å². The number of amides is 2. The van der Waals surface area contributed by atoms with Gasteiger partial charge in [-0.2, -0.15) is 0 Å². The third kappa shape index (κ3) is 8.03. The molecule has 1 N–H and O–H groups in total. The van der Waals surface area contributed by atoms with Crippen molar-refractivity contribution in [2.45, 2.75) is 51.1 Å². The lowest BCUT2D eigenvalue weighted by Crippen LogP contribution is -2.51. The molecule has 0 spiro atoms. The predicted molar refractivity (Wildman–Crippen MR) is 151 cm³/mol. The van der Waals surface area contributed by atoms with E-state index in [9.17, 15) is 22.4 Å². The Hall–Kier alpha value is -3.43. The summed E-state index contributed by atoms with van der Waals surface area (Å²) in [5, 5.41) is 3.31. The monoisotopic (exact) mass is 573 g/mol. The van der Waals surface area contributed by atoms with Crippen molar-refractivity contribution >= 4 is 39.1 Å². The second kappa shape index (κ2) is 13.6.